The molecule has 0 saturated carbocycles. The van der Waals surface area contributed by atoms with Gasteiger partial charge in [0.25, 0.3) is 0 Å². The van der Waals surface area contributed by atoms with Crippen molar-refractivity contribution in [1.29, 1.82) is 0 Å². The maximum atomic E-state index is 10.0. The highest BCUT2D eigenvalue weighted by atomic mass is 16.5. The van der Waals surface area contributed by atoms with E-state index in [1.54, 1.807) is 0 Å². The normalized spacial score (nSPS) is 13.9. The molecular formula is C10H16O4. The third-order valence-corrected chi connectivity index (χ3v) is 1.64. The van der Waals surface area contributed by atoms with Gasteiger partial charge in [-0.3, -0.25) is 4.79 Å². The number of hydrogen-bond donors (Lipinski definition) is 1. The van der Waals surface area contributed by atoms with Crippen LogP contribution in [0.2, 0.25) is 0 Å². The quantitative estimate of drug-likeness (QED) is 0.557. The highest BCUT2D eigenvalue weighted by Crippen LogP contribution is 2.01. The topological polar surface area (TPSA) is 63.6 Å². The molecular weight excluding hydrogens is 184 g/mol. The largest absolute Gasteiger partial charge is 0.478 e. The first kappa shape index (κ1) is 12.7. The van der Waals surface area contributed by atoms with Crippen molar-refractivity contribution in [3.05, 3.63) is 12.2 Å². The van der Waals surface area contributed by atoms with Crippen LogP contribution in [0.5, 0.6) is 0 Å². The summed E-state index contributed by atoms with van der Waals surface area (Å²) in [6, 6.07) is 0. The van der Waals surface area contributed by atoms with E-state index in [2.05, 4.69) is 11.3 Å². The molecule has 1 saturated heterocycles. The van der Waals surface area contributed by atoms with Gasteiger partial charge in [-0.15, -0.1) is 0 Å². The monoisotopic (exact) mass is 200 g/mol. The molecule has 14 heavy (non-hydrogen) atoms. The molecule has 80 valence electrons. The van der Waals surface area contributed by atoms with E-state index < -0.39 is 5.97 Å². The molecule has 1 N–H and O–H groups in total. The number of esters is 1. The van der Waals surface area contributed by atoms with Gasteiger partial charge in [0.05, 0.1) is 6.61 Å². The summed E-state index contributed by atoms with van der Waals surface area (Å²) in [5.41, 5.74) is 0.299. The van der Waals surface area contributed by atoms with Crippen LogP contribution in [-0.2, 0) is 14.3 Å². The number of carboxylic acid groups (broad SMARTS) is 1. The average molecular weight is 200 g/mol. The molecule has 4 nitrogen and oxygen atoms in total. The molecule has 1 heterocycles. The van der Waals surface area contributed by atoms with Gasteiger partial charge in [0, 0.05) is 12.0 Å². The summed E-state index contributed by atoms with van der Waals surface area (Å²) in [6.07, 6.45) is 2.99. The van der Waals surface area contributed by atoms with Crippen molar-refractivity contribution in [2.45, 2.75) is 32.6 Å². The van der Waals surface area contributed by atoms with E-state index in [-0.39, 0.29) is 5.97 Å². The molecule has 0 bridgehead atoms. The highest BCUT2D eigenvalue weighted by molar-refractivity contribution is 5.85. The van der Waals surface area contributed by atoms with Gasteiger partial charge in [0.15, 0.2) is 0 Å². The fourth-order valence-electron chi connectivity index (χ4n) is 0.883. The Kier molecular flexibility index (Phi) is 6.45. The first-order valence-electron chi connectivity index (χ1n) is 4.64. The standard InChI is InChI=1S/C6H10O2.C4H6O2/c1-3-4-5(2)6(7)8;5-4-2-1-3-6-4/h2-4H2,1H3,(H,7,8);1-3H2. The van der Waals surface area contributed by atoms with Gasteiger partial charge in [-0.25, -0.2) is 4.79 Å². The Labute approximate surface area is 83.6 Å². The number of rotatable bonds is 3. The van der Waals surface area contributed by atoms with Crippen LogP contribution in [0.3, 0.4) is 0 Å². The molecule has 0 aromatic rings. The van der Waals surface area contributed by atoms with Crippen molar-refractivity contribution >= 4 is 11.9 Å². The first-order valence-corrected chi connectivity index (χ1v) is 4.64. The number of aliphatic carboxylic acids is 1. The van der Waals surface area contributed by atoms with E-state index in [0.717, 1.165) is 12.8 Å². The highest BCUT2D eigenvalue weighted by Gasteiger charge is 2.08. The Balaban J connectivity index is 0.000000249. The summed E-state index contributed by atoms with van der Waals surface area (Å²) >= 11 is 0. The molecule has 1 fully saturated rings. The van der Waals surface area contributed by atoms with Gasteiger partial charge in [-0.2, -0.15) is 0 Å². The number of carboxylic acids is 1. The van der Waals surface area contributed by atoms with E-state index in [1.165, 1.54) is 0 Å². The zero-order valence-electron chi connectivity index (χ0n) is 8.41. The molecule has 0 aromatic heterocycles. The molecule has 0 amide bonds. The lowest BCUT2D eigenvalue weighted by atomic mass is 10.2. The van der Waals surface area contributed by atoms with Crippen molar-refractivity contribution in [3.63, 3.8) is 0 Å². The maximum Gasteiger partial charge on any atom is 0.330 e. The van der Waals surface area contributed by atoms with Crippen molar-refractivity contribution in [2.24, 2.45) is 0 Å². The second-order valence-electron chi connectivity index (χ2n) is 2.98. The molecule has 0 radical (unpaired) electrons. The molecule has 0 spiro atoms. The predicted molar refractivity (Wildman–Crippen MR) is 51.9 cm³/mol. The van der Waals surface area contributed by atoms with Gasteiger partial charge >= 0.3 is 11.9 Å². The summed E-state index contributed by atoms with van der Waals surface area (Å²) in [7, 11) is 0. The van der Waals surface area contributed by atoms with Gasteiger partial charge in [-0.1, -0.05) is 19.9 Å². The Morgan fingerprint density at radius 3 is 2.43 bits per heavy atom. The summed E-state index contributed by atoms with van der Waals surface area (Å²) in [4.78, 5) is 20.0. The van der Waals surface area contributed by atoms with E-state index in [0.29, 0.717) is 25.0 Å². The van der Waals surface area contributed by atoms with Gasteiger partial charge < -0.3 is 9.84 Å². The van der Waals surface area contributed by atoms with E-state index in [9.17, 15) is 9.59 Å². The lowest BCUT2D eigenvalue weighted by molar-refractivity contribution is -0.138. The van der Waals surface area contributed by atoms with Crippen molar-refractivity contribution in [2.75, 3.05) is 6.61 Å². The maximum absolute atomic E-state index is 10.0. The van der Waals surface area contributed by atoms with Crippen LogP contribution >= 0.6 is 0 Å². The molecule has 0 unspecified atom stereocenters. The van der Waals surface area contributed by atoms with Crippen molar-refractivity contribution < 1.29 is 19.4 Å². The van der Waals surface area contributed by atoms with Gasteiger partial charge in [0.2, 0.25) is 0 Å². The van der Waals surface area contributed by atoms with E-state index in [1.807, 2.05) is 6.92 Å². The minimum absolute atomic E-state index is 0.0463. The molecule has 1 aliphatic rings. The lowest BCUT2D eigenvalue weighted by Gasteiger charge is -1.92. The number of ether oxygens (including phenoxy) is 1. The average Bonchev–Trinajstić information content (AvgIpc) is 2.57. The Morgan fingerprint density at radius 2 is 2.29 bits per heavy atom. The minimum Gasteiger partial charge on any atom is -0.478 e. The molecule has 1 aliphatic heterocycles. The second-order valence-corrected chi connectivity index (χ2v) is 2.98. The van der Waals surface area contributed by atoms with Crippen LogP contribution in [0.4, 0.5) is 0 Å². The lowest BCUT2D eigenvalue weighted by Crippen LogP contribution is -1.97. The Hall–Kier alpha value is -1.32. The second kappa shape index (κ2) is 7.12. The zero-order valence-corrected chi connectivity index (χ0v) is 8.41. The molecule has 4 heteroatoms. The molecule has 0 aromatic carbocycles. The van der Waals surface area contributed by atoms with Crippen molar-refractivity contribution in [3.8, 4) is 0 Å². The molecule has 0 aliphatic carbocycles. The van der Waals surface area contributed by atoms with E-state index >= 15 is 0 Å². The fourth-order valence-corrected chi connectivity index (χ4v) is 0.883. The van der Waals surface area contributed by atoms with Crippen LogP contribution in [-0.4, -0.2) is 23.7 Å². The van der Waals surface area contributed by atoms with Crippen molar-refractivity contribution in [1.82, 2.24) is 0 Å². The fraction of sp³-hybridized carbons (Fsp3) is 0.600. The van der Waals surface area contributed by atoms with Crippen LogP contribution < -0.4 is 0 Å². The number of carbonyl (C=O) groups excluding carboxylic acids is 1. The van der Waals surface area contributed by atoms with Crippen LogP contribution in [0, 0.1) is 0 Å². The Bertz CT molecular complexity index is 212. The zero-order chi connectivity index (χ0) is 11.0. The number of hydrogen-bond acceptors (Lipinski definition) is 3. The Morgan fingerprint density at radius 1 is 1.64 bits per heavy atom. The van der Waals surface area contributed by atoms with E-state index in [4.69, 9.17) is 5.11 Å². The molecule has 1 rings (SSSR count). The third-order valence-electron chi connectivity index (χ3n) is 1.64. The predicted octanol–water partition coefficient (Wildman–Crippen LogP) is 1.75. The third kappa shape index (κ3) is 6.22. The smallest absolute Gasteiger partial charge is 0.330 e. The molecule has 0 atom stereocenters. The summed E-state index contributed by atoms with van der Waals surface area (Å²) < 4.78 is 4.51. The number of carbonyl (C=O) groups is 2. The van der Waals surface area contributed by atoms with Crippen LogP contribution in [0.25, 0.3) is 0 Å². The number of cyclic esters (lactones) is 1. The van der Waals surface area contributed by atoms with Gasteiger partial charge in [0.1, 0.15) is 0 Å². The van der Waals surface area contributed by atoms with Crippen LogP contribution in [0.1, 0.15) is 32.6 Å². The summed E-state index contributed by atoms with van der Waals surface area (Å²) in [5.74, 6) is -0.929. The summed E-state index contributed by atoms with van der Waals surface area (Å²) in [6.45, 7) is 5.91. The summed E-state index contributed by atoms with van der Waals surface area (Å²) in [5, 5.41) is 8.21. The van der Waals surface area contributed by atoms with Gasteiger partial charge in [-0.05, 0) is 12.8 Å². The minimum atomic E-state index is -0.883. The first-order chi connectivity index (χ1) is 6.57. The SMILES string of the molecule is C=C(CCC)C(=O)O.O=C1CCCO1. The van der Waals surface area contributed by atoms with Crippen LogP contribution in [0.15, 0.2) is 12.2 Å².